The fraction of sp³-hybridized carbons (Fsp3) is 0.522. The zero-order valence-electron chi connectivity index (χ0n) is 16.3. The maximum Gasteiger partial charge on any atom is 0.0782 e. The number of pyridine rings is 1. The van der Waals surface area contributed by atoms with Crippen molar-refractivity contribution in [3.8, 4) is 0 Å². The minimum atomic E-state index is 0.258. The molecule has 144 valence electrons. The minimum absolute atomic E-state index is 0.258. The Morgan fingerprint density at radius 3 is 2.67 bits per heavy atom. The van der Waals surface area contributed by atoms with Gasteiger partial charge in [-0.25, -0.2) is 0 Å². The molecule has 2 heterocycles. The van der Waals surface area contributed by atoms with E-state index in [0.29, 0.717) is 0 Å². The maximum atomic E-state index is 6.32. The third-order valence-corrected chi connectivity index (χ3v) is 6.33. The number of unbranched alkanes of at least 4 members (excludes halogenated alkanes) is 2. The molecule has 2 aliphatic rings. The normalized spacial score (nSPS) is 20.7. The highest BCUT2D eigenvalue weighted by molar-refractivity contribution is 6.30. The third-order valence-electron chi connectivity index (χ3n) is 6.10. The molecule has 0 bridgehead atoms. The molecular formula is C23H30ClN3. The minimum Gasteiger partial charge on any atom is -0.301 e. The number of piperazine rings is 1. The van der Waals surface area contributed by atoms with Crippen molar-refractivity contribution >= 4 is 11.6 Å². The Bertz CT molecular complexity index is 768. The molecular weight excluding hydrogens is 354 g/mol. The maximum absolute atomic E-state index is 6.32. The predicted octanol–water partition coefficient (Wildman–Crippen LogP) is 4.73. The van der Waals surface area contributed by atoms with Gasteiger partial charge in [0, 0.05) is 37.4 Å². The molecule has 0 amide bonds. The van der Waals surface area contributed by atoms with Gasteiger partial charge in [-0.3, -0.25) is 9.88 Å². The van der Waals surface area contributed by atoms with Gasteiger partial charge in [-0.05, 0) is 60.7 Å². The van der Waals surface area contributed by atoms with Crippen molar-refractivity contribution in [1.29, 1.82) is 0 Å². The van der Waals surface area contributed by atoms with Crippen LogP contribution in [0.4, 0.5) is 0 Å². The molecule has 2 aromatic rings. The van der Waals surface area contributed by atoms with E-state index in [-0.39, 0.29) is 6.04 Å². The van der Waals surface area contributed by atoms with Crippen LogP contribution in [-0.4, -0.2) is 47.5 Å². The number of aryl methyl sites for hydroxylation is 2. The quantitative estimate of drug-likeness (QED) is 0.696. The molecule has 1 aliphatic heterocycles. The molecule has 0 N–H and O–H groups in total. The number of fused-ring (bicyclic) bond motifs is 2. The Kier molecular flexibility index (Phi) is 6.11. The lowest BCUT2D eigenvalue weighted by atomic mass is 9.96. The summed E-state index contributed by atoms with van der Waals surface area (Å²) in [4.78, 5) is 10.1. The lowest BCUT2D eigenvalue weighted by Gasteiger charge is -2.39. The fourth-order valence-corrected chi connectivity index (χ4v) is 4.78. The van der Waals surface area contributed by atoms with Crippen LogP contribution >= 0.6 is 11.6 Å². The Hall–Kier alpha value is -1.42. The predicted molar refractivity (Wildman–Crippen MR) is 112 cm³/mol. The molecule has 0 radical (unpaired) electrons. The Balaban J connectivity index is 1.58. The molecule has 1 atom stereocenters. The van der Waals surface area contributed by atoms with Crippen molar-refractivity contribution in [2.24, 2.45) is 0 Å². The van der Waals surface area contributed by atoms with Crippen LogP contribution in [0.15, 0.2) is 36.5 Å². The van der Waals surface area contributed by atoms with Gasteiger partial charge in [0.15, 0.2) is 0 Å². The molecule has 0 spiro atoms. The van der Waals surface area contributed by atoms with Crippen LogP contribution in [0, 0.1) is 0 Å². The molecule has 1 fully saturated rings. The highest BCUT2D eigenvalue weighted by Crippen LogP contribution is 2.37. The molecule has 1 aromatic heterocycles. The number of nitrogens with zero attached hydrogens (tertiary/aromatic N) is 3. The van der Waals surface area contributed by atoms with Gasteiger partial charge in [-0.2, -0.15) is 0 Å². The Morgan fingerprint density at radius 2 is 1.85 bits per heavy atom. The second kappa shape index (κ2) is 8.72. The molecule has 3 nitrogen and oxygen atoms in total. The molecule has 1 saturated heterocycles. The SMILES string of the molecule is CCCCCN1CCN(C2c3ccc(Cl)cc3CCc3cccnc32)CC1. The molecule has 1 unspecified atom stereocenters. The van der Waals surface area contributed by atoms with E-state index in [1.807, 2.05) is 12.3 Å². The summed E-state index contributed by atoms with van der Waals surface area (Å²) in [5.74, 6) is 0. The van der Waals surface area contributed by atoms with Crippen molar-refractivity contribution in [2.75, 3.05) is 32.7 Å². The van der Waals surface area contributed by atoms with Crippen LogP contribution in [0.5, 0.6) is 0 Å². The number of halogens is 1. The number of benzene rings is 1. The van der Waals surface area contributed by atoms with Crippen LogP contribution in [-0.2, 0) is 12.8 Å². The van der Waals surface area contributed by atoms with Crippen LogP contribution in [0.2, 0.25) is 5.02 Å². The van der Waals surface area contributed by atoms with E-state index in [9.17, 15) is 0 Å². The van der Waals surface area contributed by atoms with Gasteiger partial charge >= 0.3 is 0 Å². The van der Waals surface area contributed by atoms with Crippen molar-refractivity contribution in [3.05, 3.63) is 63.9 Å². The number of hydrogen-bond acceptors (Lipinski definition) is 3. The summed E-state index contributed by atoms with van der Waals surface area (Å²) < 4.78 is 0. The first-order valence-electron chi connectivity index (χ1n) is 10.4. The number of rotatable bonds is 5. The molecule has 0 saturated carbocycles. The third kappa shape index (κ3) is 4.21. The van der Waals surface area contributed by atoms with Crippen molar-refractivity contribution in [1.82, 2.24) is 14.8 Å². The van der Waals surface area contributed by atoms with Crippen molar-refractivity contribution in [2.45, 2.75) is 45.1 Å². The first-order chi connectivity index (χ1) is 13.3. The van der Waals surface area contributed by atoms with Gasteiger partial charge in [-0.1, -0.05) is 43.5 Å². The van der Waals surface area contributed by atoms with Crippen LogP contribution < -0.4 is 0 Å². The van der Waals surface area contributed by atoms with Crippen molar-refractivity contribution < 1.29 is 0 Å². The standard InChI is InChI=1S/C23H30ClN3/c1-2-3-4-12-26-13-15-27(16-14-26)23-21-10-9-20(24)17-19(21)8-7-18-6-5-11-25-22(18)23/h5-6,9-11,17,23H,2-4,7-8,12-16H2,1H3. The molecule has 4 rings (SSSR count). The number of aromatic nitrogens is 1. The molecule has 1 aromatic carbocycles. The monoisotopic (exact) mass is 383 g/mol. The van der Waals surface area contributed by atoms with Gasteiger partial charge in [-0.15, -0.1) is 0 Å². The summed E-state index contributed by atoms with van der Waals surface area (Å²) in [6.07, 6.45) is 8.00. The zero-order chi connectivity index (χ0) is 18.6. The van der Waals surface area contributed by atoms with Crippen molar-refractivity contribution in [3.63, 3.8) is 0 Å². The van der Waals surface area contributed by atoms with Crippen LogP contribution in [0.25, 0.3) is 0 Å². The second-order valence-corrected chi connectivity index (χ2v) is 8.31. The smallest absolute Gasteiger partial charge is 0.0782 e. The fourth-order valence-electron chi connectivity index (χ4n) is 4.58. The molecule has 4 heteroatoms. The van der Waals surface area contributed by atoms with E-state index in [4.69, 9.17) is 16.6 Å². The van der Waals surface area contributed by atoms with Crippen LogP contribution in [0.1, 0.15) is 54.6 Å². The van der Waals surface area contributed by atoms with E-state index >= 15 is 0 Å². The summed E-state index contributed by atoms with van der Waals surface area (Å²) in [7, 11) is 0. The van der Waals surface area contributed by atoms with E-state index in [1.165, 1.54) is 48.2 Å². The highest BCUT2D eigenvalue weighted by Gasteiger charge is 2.31. The largest absolute Gasteiger partial charge is 0.301 e. The van der Waals surface area contributed by atoms with Gasteiger partial charge in [0.05, 0.1) is 11.7 Å². The van der Waals surface area contributed by atoms with E-state index in [1.54, 1.807) is 0 Å². The molecule has 1 aliphatic carbocycles. The first-order valence-corrected chi connectivity index (χ1v) is 10.8. The van der Waals surface area contributed by atoms with Crippen LogP contribution in [0.3, 0.4) is 0 Å². The van der Waals surface area contributed by atoms with Gasteiger partial charge in [0.2, 0.25) is 0 Å². The van der Waals surface area contributed by atoms with E-state index < -0.39 is 0 Å². The Labute approximate surface area is 168 Å². The topological polar surface area (TPSA) is 19.4 Å². The number of hydrogen-bond donors (Lipinski definition) is 0. The lowest BCUT2D eigenvalue weighted by molar-refractivity contribution is 0.106. The summed E-state index contributed by atoms with van der Waals surface area (Å²) in [5, 5.41) is 0.840. The van der Waals surface area contributed by atoms with Gasteiger partial charge in [0.1, 0.15) is 0 Å². The van der Waals surface area contributed by atoms with E-state index in [2.05, 4.69) is 41.0 Å². The average Bonchev–Trinajstić information content (AvgIpc) is 2.85. The van der Waals surface area contributed by atoms with Gasteiger partial charge < -0.3 is 4.90 Å². The van der Waals surface area contributed by atoms with Gasteiger partial charge in [0.25, 0.3) is 0 Å². The van der Waals surface area contributed by atoms with E-state index in [0.717, 1.165) is 44.0 Å². The lowest BCUT2D eigenvalue weighted by Crippen LogP contribution is -2.48. The molecule has 27 heavy (non-hydrogen) atoms. The summed E-state index contributed by atoms with van der Waals surface area (Å²) in [6, 6.07) is 11.0. The average molecular weight is 384 g/mol. The zero-order valence-corrected chi connectivity index (χ0v) is 17.1. The second-order valence-electron chi connectivity index (χ2n) is 7.88. The Morgan fingerprint density at radius 1 is 1.04 bits per heavy atom. The first kappa shape index (κ1) is 18.9. The summed E-state index contributed by atoms with van der Waals surface area (Å²) in [6.45, 7) is 8.05. The summed E-state index contributed by atoms with van der Waals surface area (Å²) in [5.41, 5.74) is 5.42. The summed E-state index contributed by atoms with van der Waals surface area (Å²) >= 11 is 6.32. The highest BCUT2D eigenvalue weighted by atomic mass is 35.5.